The SMILES string of the molecule is CCCNC(=O)C(=Cc1ccccc1)c1ccccc1. The molecule has 0 atom stereocenters. The van der Waals surface area contributed by atoms with Crippen molar-refractivity contribution in [3.63, 3.8) is 0 Å². The summed E-state index contributed by atoms with van der Waals surface area (Å²) in [5, 5.41) is 2.94. The lowest BCUT2D eigenvalue weighted by molar-refractivity contribution is -0.115. The van der Waals surface area contributed by atoms with Crippen molar-refractivity contribution >= 4 is 17.6 Å². The summed E-state index contributed by atoms with van der Waals surface area (Å²) in [5.74, 6) is -0.0260. The van der Waals surface area contributed by atoms with Crippen molar-refractivity contribution < 1.29 is 4.79 Å². The molecule has 1 amide bonds. The Labute approximate surface area is 120 Å². The van der Waals surface area contributed by atoms with Crippen LogP contribution in [0.1, 0.15) is 24.5 Å². The van der Waals surface area contributed by atoms with Gasteiger partial charge in [0.25, 0.3) is 5.91 Å². The van der Waals surface area contributed by atoms with E-state index in [-0.39, 0.29) is 5.91 Å². The predicted octanol–water partition coefficient (Wildman–Crippen LogP) is 3.75. The summed E-state index contributed by atoms with van der Waals surface area (Å²) in [6, 6.07) is 19.7. The highest BCUT2D eigenvalue weighted by molar-refractivity contribution is 6.24. The molecule has 2 nitrogen and oxygen atoms in total. The maximum atomic E-state index is 12.3. The van der Waals surface area contributed by atoms with E-state index in [2.05, 4.69) is 5.32 Å². The zero-order valence-corrected chi connectivity index (χ0v) is 11.7. The van der Waals surface area contributed by atoms with Gasteiger partial charge in [0, 0.05) is 12.1 Å². The fourth-order valence-corrected chi connectivity index (χ4v) is 1.95. The van der Waals surface area contributed by atoms with Gasteiger partial charge in [0.05, 0.1) is 0 Å². The molecule has 0 aliphatic heterocycles. The fourth-order valence-electron chi connectivity index (χ4n) is 1.95. The Morgan fingerprint density at radius 3 is 2.20 bits per heavy atom. The lowest BCUT2D eigenvalue weighted by Crippen LogP contribution is -2.24. The van der Waals surface area contributed by atoms with Crippen LogP contribution in [-0.2, 0) is 4.79 Å². The second-order valence-corrected chi connectivity index (χ2v) is 4.59. The van der Waals surface area contributed by atoms with Crippen LogP contribution < -0.4 is 5.32 Å². The minimum absolute atomic E-state index is 0.0260. The van der Waals surface area contributed by atoms with E-state index in [1.165, 1.54) is 0 Å². The Kier molecular flexibility index (Phi) is 5.13. The Morgan fingerprint density at radius 2 is 1.60 bits per heavy atom. The molecule has 2 rings (SSSR count). The minimum Gasteiger partial charge on any atom is -0.352 e. The van der Waals surface area contributed by atoms with Crippen LogP contribution in [0.3, 0.4) is 0 Å². The van der Waals surface area contributed by atoms with Gasteiger partial charge >= 0.3 is 0 Å². The maximum Gasteiger partial charge on any atom is 0.251 e. The lowest BCUT2D eigenvalue weighted by Gasteiger charge is -2.09. The van der Waals surface area contributed by atoms with Crippen LogP contribution in [0, 0.1) is 0 Å². The van der Waals surface area contributed by atoms with E-state index in [9.17, 15) is 4.79 Å². The zero-order valence-electron chi connectivity index (χ0n) is 11.7. The summed E-state index contributed by atoms with van der Waals surface area (Å²) in [6.07, 6.45) is 2.86. The van der Waals surface area contributed by atoms with Crippen LogP contribution in [0.4, 0.5) is 0 Å². The van der Waals surface area contributed by atoms with Crippen LogP contribution in [0.5, 0.6) is 0 Å². The number of benzene rings is 2. The van der Waals surface area contributed by atoms with E-state index in [1.54, 1.807) is 0 Å². The molecule has 0 bridgehead atoms. The number of amides is 1. The molecule has 0 aliphatic carbocycles. The van der Waals surface area contributed by atoms with Gasteiger partial charge in [-0.3, -0.25) is 4.79 Å². The molecule has 0 fully saturated rings. The summed E-state index contributed by atoms with van der Waals surface area (Å²) in [6.45, 7) is 2.74. The number of carbonyl (C=O) groups is 1. The highest BCUT2D eigenvalue weighted by Gasteiger charge is 2.10. The van der Waals surface area contributed by atoms with E-state index >= 15 is 0 Å². The highest BCUT2D eigenvalue weighted by Crippen LogP contribution is 2.18. The van der Waals surface area contributed by atoms with Crippen molar-refractivity contribution in [2.75, 3.05) is 6.54 Å². The van der Waals surface area contributed by atoms with E-state index in [0.29, 0.717) is 12.1 Å². The number of carbonyl (C=O) groups excluding carboxylic acids is 1. The van der Waals surface area contributed by atoms with Gasteiger partial charge in [-0.1, -0.05) is 67.6 Å². The van der Waals surface area contributed by atoms with Crippen molar-refractivity contribution in [1.82, 2.24) is 5.32 Å². The highest BCUT2D eigenvalue weighted by atomic mass is 16.1. The molecule has 0 saturated heterocycles. The molecule has 1 N–H and O–H groups in total. The third-order valence-corrected chi connectivity index (χ3v) is 2.98. The second-order valence-electron chi connectivity index (χ2n) is 4.59. The molecular formula is C18H19NO. The van der Waals surface area contributed by atoms with Gasteiger partial charge in [-0.15, -0.1) is 0 Å². The van der Waals surface area contributed by atoms with Crippen molar-refractivity contribution in [2.24, 2.45) is 0 Å². The van der Waals surface area contributed by atoms with Gasteiger partial charge < -0.3 is 5.32 Å². The standard InChI is InChI=1S/C18H19NO/c1-2-13-19-18(20)17(16-11-7-4-8-12-16)14-15-9-5-3-6-10-15/h3-12,14H,2,13H2,1H3,(H,19,20). The predicted molar refractivity (Wildman–Crippen MR) is 84.1 cm³/mol. The Morgan fingerprint density at radius 1 is 1.00 bits per heavy atom. The number of nitrogens with one attached hydrogen (secondary N) is 1. The molecule has 2 aromatic carbocycles. The van der Waals surface area contributed by atoms with Crippen LogP contribution >= 0.6 is 0 Å². The first kappa shape index (κ1) is 14.1. The summed E-state index contributed by atoms with van der Waals surface area (Å²) in [4.78, 5) is 12.3. The summed E-state index contributed by atoms with van der Waals surface area (Å²) in [7, 11) is 0. The number of hydrogen-bond acceptors (Lipinski definition) is 1. The first-order valence-corrected chi connectivity index (χ1v) is 6.91. The summed E-state index contributed by atoms with van der Waals surface area (Å²) in [5.41, 5.74) is 2.66. The largest absolute Gasteiger partial charge is 0.352 e. The number of rotatable bonds is 5. The lowest BCUT2D eigenvalue weighted by atomic mass is 10.0. The molecule has 102 valence electrons. The molecule has 0 spiro atoms. The van der Waals surface area contributed by atoms with Crippen molar-refractivity contribution in [3.8, 4) is 0 Å². The van der Waals surface area contributed by atoms with E-state index in [0.717, 1.165) is 17.5 Å². The quantitative estimate of drug-likeness (QED) is 0.647. The van der Waals surface area contributed by atoms with E-state index < -0.39 is 0 Å². The van der Waals surface area contributed by atoms with Crippen molar-refractivity contribution in [2.45, 2.75) is 13.3 Å². The maximum absolute atomic E-state index is 12.3. The van der Waals surface area contributed by atoms with Crippen LogP contribution in [0.25, 0.3) is 11.6 Å². The topological polar surface area (TPSA) is 29.1 Å². The first-order valence-electron chi connectivity index (χ1n) is 6.91. The third-order valence-electron chi connectivity index (χ3n) is 2.98. The van der Waals surface area contributed by atoms with E-state index in [4.69, 9.17) is 0 Å². The smallest absolute Gasteiger partial charge is 0.251 e. The zero-order chi connectivity index (χ0) is 14.2. The summed E-state index contributed by atoms with van der Waals surface area (Å²) >= 11 is 0. The molecule has 0 radical (unpaired) electrons. The van der Waals surface area contributed by atoms with E-state index in [1.807, 2.05) is 73.7 Å². The Balaban J connectivity index is 2.34. The van der Waals surface area contributed by atoms with Crippen molar-refractivity contribution in [3.05, 3.63) is 71.8 Å². The third kappa shape index (κ3) is 3.82. The van der Waals surface area contributed by atoms with Gasteiger partial charge in [0.15, 0.2) is 0 Å². The van der Waals surface area contributed by atoms with Crippen LogP contribution in [-0.4, -0.2) is 12.5 Å². The first-order chi connectivity index (χ1) is 9.81. The van der Waals surface area contributed by atoms with Gasteiger partial charge in [-0.05, 0) is 23.6 Å². The average molecular weight is 265 g/mol. The molecule has 0 saturated carbocycles. The molecule has 0 aliphatic rings. The van der Waals surface area contributed by atoms with Gasteiger partial charge in [-0.25, -0.2) is 0 Å². The number of hydrogen-bond donors (Lipinski definition) is 1. The minimum atomic E-state index is -0.0260. The molecule has 0 heterocycles. The summed E-state index contributed by atoms with van der Waals surface area (Å²) < 4.78 is 0. The normalized spacial score (nSPS) is 11.2. The van der Waals surface area contributed by atoms with Crippen molar-refractivity contribution in [1.29, 1.82) is 0 Å². The Hall–Kier alpha value is -2.35. The molecular weight excluding hydrogens is 246 g/mol. The van der Waals surface area contributed by atoms with Gasteiger partial charge in [-0.2, -0.15) is 0 Å². The Bertz CT molecular complexity index is 573. The van der Waals surface area contributed by atoms with Gasteiger partial charge in [0.1, 0.15) is 0 Å². The van der Waals surface area contributed by atoms with Gasteiger partial charge in [0.2, 0.25) is 0 Å². The molecule has 2 aromatic rings. The molecule has 0 aromatic heterocycles. The molecule has 2 heteroatoms. The molecule has 20 heavy (non-hydrogen) atoms. The fraction of sp³-hybridized carbons (Fsp3) is 0.167. The molecule has 0 unspecified atom stereocenters. The van der Waals surface area contributed by atoms with Crippen LogP contribution in [0.2, 0.25) is 0 Å². The monoisotopic (exact) mass is 265 g/mol. The van der Waals surface area contributed by atoms with Crippen LogP contribution in [0.15, 0.2) is 60.7 Å². The average Bonchev–Trinajstić information content (AvgIpc) is 2.52. The second kappa shape index (κ2) is 7.29.